The summed E-state index contributed by atoms with van der Waals surface area (Å²) >= 11 is 6.34. The predicted octanol–water partition coefficient (Wildman–Crippen LogP) is 8.81. The average Bonchev–Trinajstić information content (AvgIpc) is 2.88. The average molecular weight is 517 g/mol. The lowest BCUT2D eigenvalue weighted by Gasteiger charge is -2.11. The number of hydrogen-bond donors (Lipinski definition) is 0. The zero-order valence-electron chi connectivity index (χ0n) is 22.0. The van der Waals surface area contributed by atoms with Crippen LogP contribution < -0.4 is 14.2 Å². The number of halogens is 1. The maximum atomic E-state index is 12.5. The van der Waals surface area contributed by atoms with Crippen LogP contribution in [-0.2, 0) is 4.79 Å². The molecule has 2 rings (SSSR count). The maximum Gasteiger partial charge on any atom is 0.343 e. The van der Waals surface area contributed by atoms with Gasteiger partial charge >= 0.3 is 11.9 Å². The summed E-state index contributed by atoms with van der Waals surface area (Å²) in [4.78, 5) is 24.4. The van der Waals surface area contributed by atoms with Crippen LogP contribution in [0.25, 0.3) is 0 Å². The van der Waals surface area contributed by atoms with E-state index >= 15 is 0 Å². The molecule has 6 heteroatoms. The molecule has 0 spiro atoms. The van der Waals surface area contributed by atoms with Gasteiger partial charge in [0.05, 0.1) is 23.1 Å². The molecule has 198 valence electrons. The molecule has 1 unspecified atom stereocenters. The minimum absolute atomic E-state index is 0.172. The summed E-state index contributed by atoms with van der Waals surface area (Å²) in [5.74, 6) is 0.341. The Morgan fingerprint density at radius 3 is 1.89 bits per heavy atom. The van der Waals surface area contributed by atoms with E-state index in [0.29, 0.717) is 40.9 Å². The highest BCUT2D eigenvalue weighted by Gasteiger charge is 2.14. The van der Waals surface area contributed by atoms with E-state index in [1.54, 1.807) is 42.5 Å². The van der Waals surface area contributed by atoms with Crippen LogP contribution in [-0.4, -0.2) is 18.5 Å². The third kappa shape index (κ3) is 11.0. The topological polar surface area (TPSA) is 61.8 Å². The molecule has 1 atom stereocenters. The lowest BCUT2D eigenvalue weighted by Crippen LogP contribution is -2.16. The van der Waals surface area contributed by atoms with Gasteiger partial charge in [0.1, 0.15) is 17.2 Å². The molecular formula is C30H41ClO5. The Kier molecular flexibility index (Phi) is 14.0. The quantitative estimate of drug-likeness (QED) is 0.119. The number of ether oxygens (including phenoxy) is 3. The fourth-order valence-electron chi connectivity index (χ4n) is 3.64. The van der Waals surface area contributed by atoms with Gasteiger partial charge in [-0.25, -0.2) is 4.79 Å². The van der Waals surface area contributed by atoms with E-state index in [1.807, 2.05) is 13.8 Å². The van der Waals surface area contributed by atoms with Crippen LogP contribution in [0.1, 0.15) is 102 Å². The Hall–Kier alpha value is -2.53. The lowest BCUT2D eigenvalue weighted by atomic mass is 10.1. The number of rotatable bonds is 17. The molecule has 0 aliphatic carbocycles. The first-order chi connectivity index (χ1) is 17.4. The van der Waals surface area contributed by atoms with Crippen molar-refractivity contribution in [3.8, 4) is 17.2 Å². The molecule has 0 heterocycles. The number of esters is 2. The molecule has 0 N–H and O–H groups in total. The Morgan fingerprint density at radius 2 is 1.33 bits per heavy atom. The van der Waals surface area contributed by atoms with Crippen LogP contribution >= 0.6 is 11.6 Å². The first-order valence-electron chi connectivity index (χ1n) is 13.4. The molecule has 0 fully saturated rings. The molecular weight excluding hydrogens is 476 g/mol. The van der Waals surface area contributed by atoms with Crippen molar-refractivity contribution < 1.29 is 23.8 Å². The zero-order chi connectivity index (χ0) is 26.2. The highest BCUT2D eigenvalue weighted by atomic mass is 35.5. The molecule has 0 bridgehead atoms. The van der Waals surface area contributed by atoms with Crippen LogP contribution in [0.3, 0.4) is 0 Å². The summed E-state index contributed by atoms with van der Waals surface area (Å²) in [5, 5.41) is 0.379. The SMILES string of the molecule is CCCCCCCCCCCCOc1ccc(C(=O)Oc2ccc(OC(=O)C(C)CC)cc2)cc1Cl. The second kappa shape index (κ2) is 17.0. The van der Waals surface area contributed by atoms with Crippen molar-refractivity contribution in [3.63, 3.8) is 0 Å². The summed E-state index contributed by atoms with van der Waals surface area (Å²) in [6.07, 6.45) is 13.4. The fourth-order valence-corrected chi connectivity index (χ4v) is 3.88. The molecule has 0 saturated carbocycles. The number of carbonyl (C=O) groups excluding carboxylic acids is 2. The monoisotopic (exact) mass is 516 g/mol. The summed E-state index contributed by atoms with van der Waals surface area (Å²) in [5.41, 5.74) is 0.332. The summed E-state index contributed by atoms with van der Waals surface area (Å²) in [6, 6.07) is 11.3. The second-order valence-corrected chi connectivity index (χ2v) is 9.67. The van der Waals surface area contributed by atoms with Gasteiger partial charge in [-0.3, -0.25) is 4.79 Å². The Labute approximate surface area is 221 Å². The minimum Gasteiger partial charge on any atom is -0.492 e. The molecule has 0 aromatic heterocycles. The van der Waals surface area contributed by atoms with Crippen molar-refractivity contribution in [2.24, 2.45) is 5.92 Å². The Balaban J connectivity index is 1.70. The maximum absolute atomic E-state index is 12.5. The van der Waals surface area contributed by atoms with Crippen LogP contribution in [0.15, 0.2) is 42.5 Å². The largest absolute Gasteiger partial charge is 0.492 e. The van der Waals surface area contributed by atoms with Gasteiger partial charge in [0, 0.05) is 0 Å². The predicted molar refractivity (Wildman–Crippen MR) is 145 cm³/mol. The lowest BCUT2D eigenvalue weighted by molar-refractivity contribution is -0.138. The summed E-state index contributed by atoms with van der Waals surface area (Å²) < 4.78 is 16.5. The smallest absolute Gasteiger partial charge is 0.343 e. The van der Waals surface area contributed by atoms with Crippen LogP contribution in [0.2, 0.25) is 5.02 Å². The Morgan fingerprint density at radius 1 is 0.778 bits per heavy atom. The van der Waals surface area contributed by atoms with E-state index in [1.165, 1.54) is 51.4 Å². The van der Waals surface area contributed by atoms with Crippen molar-refractivity contribution >= 4 is 23.5 Å². The van der Waals surface area contributed by atoms with E-state index in [-0.39, 0.29) is 11.9 Å². The van der Waals surface area contributed by atoms with Crippen LogP contribution in [0.5, 0.6) is 17.2 Å². The minimum atomic E-state index is -0.525. The molecule has 5 nitrogen and oxygen atoms in total. The van der Waals surface area contributed by atoms with Gasteiger partial charge < -0.3 is 14.2 Å². The standard InChI is InChI=1S/C30H41ClO5/c1-4-6-7-8-9-10-11-12-13-14-21-34-28-20-15-24(22-27(28)31)30(33)36-26-18-16-25(17-19-26)35-29(32)23(3)5-2/h15-20,22-23H,4-14,21H2,1-3H3. The molecule has 0 radical (unpaired) electrons. The number of benzene rings is 2. The number of unbranched alkanes of at least 4 members (excludes halogenated alkanes) is 9. The van der Waals surface area contributed by atoms with Crippen LogP contribution in [0, 0.1) is 5.92 Å². The van der Waals surface area contributed by atoms with Crippen molar-refractivity contribution in [1.29, 1.82) is 0 Å². The van der Waals surface area contributed by atoms with Gasteiger partial charge in [-0.15, -0.1) is 0 Å². The highest BCUT2D eigenvalue weighted by molar-refractivity contribution is 6.32. The summed E-state index contributed by atoms with van der Waals surface area (Å²) in [6.45, 7) is 6.60. The van der Waals surface area contributed by atoms with E-state index in [9.17, 15) is 9.59 Å². The first kappa shape index (κ1) is 29.7. The van der Waals surface area contributed by atoms with Crippen molar-refractivity contribution in [2.45, 2.75) is 91.4 Å². The van der Waals surface area contributed by atoms with E-state index in [4.69, 9.17) is 25.8 Å². The molecule has 2 aromatic carbocycles. The Bertz CT molecular complexity index is 925. The second-order valence-electron chi connectivity index (χ2n) is 9.27. The van der Waals surface area contributed by atoms with Crippen LogP contribution in [0.4, 0.5) is 0 Å². The molecule has 0 amide bonds. The third-order valence-corrected chi connectivity index (χ3v) is 6.49. The van der Waals surface area contributed by atoms with E-state index in [2.05, 4.69) is 6.92 Å². The first-order valence-corrected chi connectivity index (χ1v) is 13.8. The van der Waals surface area contributed by atoms with Gasteiger partial charge in [-0.2, -0.15) is 0 Å². The molecule has 0 saturated heterocycles. The highest BCUT2D eigenvalue weighted by Crippen LogP contribution is 2.27. The normalized spacial score (nSPS) is 11.7. The van der Waals surface area contributed by atoms with E-state index < -0.39 is 5.97 Å². The number of hydrogen-bond acceptors (Lipinski definition) is 5. The zero-order valence-corrected chi connectivity index (χ0v) is 22.8. The molecule has 36 heavy (non-hydrogen) atoms. The van der Waals surface area contributed by atoms with Gasteiger partial charge in [-0.05, 0) is 55.3 Å². The fraction of sp³-hybridized carbons (Fsp3) is 0.533. The van der Waals surface area contributed by atoms with Gasteiger partial charge in [-0.1, -0.05) is 90.2 Å². The summed E-state index contributed by atoms with van der Waals surface area (Å²) in [7, 11) is 0. The van der Waals surface area contributed by atoms with Gasteiger partial charge in [0.25, 0.3) is 0 Å². The molecule has 0 aliphatic heterocycles. The van der Waals surface area contributed by atoms with Crippen molar-refractivity contribution in [3.05, 3.63) is 53.1 Å². The van der Waals surface area contributed by atoms with Crippen molar-refractivity contribution in [1.82, 2.24) is 0 Å². The molecule has 2 aromatic rings. The van der Waals surface area contributed by atoms with Gasteiger partial charge in [0.2, 0.25) is 0 Å². The van der Waals surface area contributed by atoms with Gasteiger partial charge in [0.15, 0.2) is 0 Å². The van der Waals surface area contributed by atoms with E-state index in [0.717, 1.165) is 12.8 Å². The number of carbonyl (C=O) groups is 2. The third-order valence-electron chi connectivity index (χ3n) is 6.19. The van der Waals surface area contributed by atoms with Crippen molar-refractivity contribution in [2.75, 3.05) is 6.61 Å². The molecule has 0 aliphatic rings.